The van der Waals surface area contributed by atoms with Crippen molar-refractivity contribution in [1.29, 1.82) is 0 Å². The zero-order chi connectivity index (χ0) is 14.8. The van der Waals surface area contributed by atoms with Crippen molar-refractivity contribution >= 4 is 23.5 Å². The summed E-state index contributed by atoms with van der Waals surface area (Å²) in [5.74, 6) is -1.50. The predicted molar refractivity (Wildman–Crippen MR) is 70.0 cm³/mol. The number of carbonyl (C=O) groups is 3. The smallest absolute Gasteiger partial charge is 0.306 e. The van der Waals surface area contributed by atoms with Crippen molar-refractivity contribution < 1.29 is 23.9 Å². The monoisotopic (exact) mass is 277 g/mol. The number of hydrogen-bond acceptors (Lipinski definition) is 5. The molecule has 0 radical (unpaired) electrons. The number of para-hydroxylation sites is 1. The van der Waals surface area contributed by atoms with Crippen LogP contribution in [0.4, 0.5) is 5.69 Å². The molecule has 1 aromatic rings. The third-order valence-electron chi connectivity index (χ3n) is 3.47. The molecule has 20 heavy (non-hydrogen) atoms. The van der Waals surface area contributed by atoms with Crippen LogP contribution in [0.2, 0.25) is 0 Å². The average molecular weight is 277 g/mol. The number of benzene rings is 1. The molecule has 0 saturated carbocycles. The van der Waals surface area contributed by atoms with Gasteiger partial charge < -0.3 is 14.8 Å². The molecule has 0 bridgehead atoms. The van der Waals surface area contributed by atoms with Gasteiger partial charge in [0.05, 0.1) is 32.5 Å². The third-order valence-corrected chi connectivity index (χ3v) is 3.47. The molecule has 1 amide bonds. The number of hydrogen-bond donors (Lipinski definition) is 1. The van der Waals surface area contributed by atoms with Gasteiger partial charge in [0.15, 0.2) is 0 Å². The highest BCUT2D eigenvalue weighted by Crippen LogP contribution is 2.43. The van der Waals surface area contributed by atoms with Crippen molar-refractivity contribution in [1.82, 2.24) is 0 Å². The van der Waals surface area contributed by atoms with Crippen LogP contribution in [0.25, 0.3) is 0 Å². The molecule has 1 aromatic carbocycles. The van der Waals surface area contributed by atoms with E-state index < -0.39 is 23.3 Å². The highest BCUT2D eigenvalue weighted by molar-refractivity contribution is 6.09. The lowest BCUT2D eigenvalue weighted by Crippen LogP contribution is -2.39. The maximum Gasteiger partial charge on any atom is 0.306 e. The summed E-state index contributed by atoms with van der Waals surface area (Å²) in [4.78, 5) is 35.6. The molecule has 0 fully saturated rings. The number of esters is 2. The Balaban J connectivity index is 2.48. The van der Waals surface area contributed by atoms with Gasteiger partial charge in [-0.1, -0.05) is 18.2 Å². The van der Waals surface area contributed by atoms with Crippen LogP contribution in [0.3, 0.4) is 0 Å². The van der Waals surface area contributed by atoms with Crippen LogP contribution in [-0.4, -0.2) is 32.1 Å². The Morgan fingerprint density at radius 2 is 1.65 bits per heavy atom. The molecule has 106 valence electrons. The normalized spacial score (nSPS) is 15.2. The van der Waals surface area contributed by atoms with Gasteiger partial charge in [-0.3, -0.25) is 14.4 Å². The Bertz CT molecular complexity index is 548. The first-order chi connectivity index (χ1) is 9.53. The number of carbonyl (C=O) groups excluding carboxylic acids is 3. The SMILES string of the molecule is COC(=O)CC1(CC(=O)OC)C(=O)Nc2ccccc21. The van der Waals surface area contributed by atoms with E-state index in [9.17, 15) is 14.4 Å². The molecule has 6 heteroatoms. The average Bonchev–Trinajstić information content (AvgIpc) is 2.71. The Hall–Kier alpha value is -2.37. The summed E-state index contributed by atoms with van der Waals surface area (Å²) in [6.45, 7) is 0. The van der Waals surface area contributed by atoms with E-state index in [1.807, 2.05) is 0 Å². The summed E-state index contributed by atoms with van der Waals surface area (Å²) >= 11 is 0. The van der Waals surface area contributed by atoms with Gasteiger partial charge in [0.2, 0.25) is 5.91 Å². The molecule has 0 spiro atoms. The van der Waals surface area contributed by atoms with E-state index in [1.165, 1.54) is 14.2 Å². The zero-order valence-electron chi connectivity index (χ0n) is 11.3. The van der Waals surface area contributed by atoms with Gasteiger partial charge in [-0.2, -0.15) is 0 Å². The topological polar surface area (TPSA) is 81.7 Å². The molecular formula is C14H15NO5. The van der Waals surface area contributed by atoms with Gasteiger partial charge in [0, 0.05) is 5.69 Å². The summed E-state index contributed by atoms with van der Waals surface area (Å²) in [6.07, 6.45) is -0.414. The number of ether oxygens (including phenoxy) is 2. The first-order valence-electron chi connectivity index (χ1n) is 6.08. The molecule has 1 N–H and O–H groups in total. The summed E-state index contributed by atoms with van der Waals surface area (Å²) in [6, 6.07) is 6.97. The van der Waals surface area contributed by atoms with Crippen molar-refractivity contribution in [3.63, 3.8) is 0 Å². The maximum atomic E-state index is 12.3. The van der Waals surface area contributed by atoms with Crippen molar-refractivity contribution in [3.05, 3.63) is 29.8 Å². The molecular weight excluding hydrogens is 262 g/mol. The van der Waals surface area contributed by atoms with Gasteiger partial charge in [0.25, 0.3) is 0 Å². The van der Waals surface area contributed by atoms with Gasteiger partial charge in [0.1, 0.15) is 0 Å². The number of nitrogens with one attached hydrogen (secondary N) is 1. The molecule has 0 unspecified atom stereocenters. The molecule has 0 aliphatic carbocycles. The third kappa shape index (κ3) is 2.24. The summed E-state index contributed by atoms with van der Waals surface area (Å²) < 4.78 is 9.29. The maximum absolute atomic E-state index is 12.3. The van der Waals surface area contributed by atoms with Crippen molar-refractivity contribution in [3.8, 4) is 0 Å². The number of amides is 1. The second-order valence-corrected chi connectivity index (χ2v) is 4.59. The van der Waals surface area contributed by atoms with Crippen molar-refractivity contribution in [2.75, 3.05) is 19.5 Å². The van der Waals surface area contributed by atoms with Crippen LogP contribution in [0.15, 0.2) is 24.3 Å². The van der Waals surface area contributed by atoms with Crippen LogP contribution in [0.1, 0.15) is 18.4 Å². The number of rotatable bonds is 4. The minimum absolute atomic E-state index is 0.207. The molecule has 0 saturated heterocycles. The van der Waals surface area contributed by atoms with E-state index in [1.54, 1.807) is 24.3 Å². The van der Waals surface area contributed by atoms with Gasteiger partial charge in [-0.15, -0.1) is 0 Å². The lowest BCUT2D eigenvalue weighted by atomic mass is 9.76. The first kappa shape index (κ1) is 14.0. The van der Waals surface area contributed by atoms with Gasteiger partial charge >= 0.3 is 11.9 Å². The van der Waals surface area contributed by atoms with Crippen LogP contribution >= 0.6 is 0 Å². The van der Waals surface area contributed by atoms with E-state index in [0.717, 1.165) is 0 Å². The number of methoxy groups -OCH3 is 2. The fourth-order valence-electron chi connectivity index (χ4n) is 2.42. The highest BCUT2D eigenvalue weighted by atomic mass is 16.5. The Morgan fingerprint density at radius 3 is 2.20 bits per heavy atom. The first-order valence-corrected chi connectivity index (χ1v) is 6.08. The lowest BCUT2D eigenvalue weighted by Gasteiger charge is -2.24. The molecule has 1 aliphatic rings. The summed E-state index contributed by atoms with van der Waals surface area (Å²) in [5.41, 5.74) is -0.0531. The second-order valence-electron chi connectivity index (χ2n) is 4.59. The Kier molecular flexibility index (Phi) is 3.74. The Labute approximate surface area is 116 Å². The molecule has 0 aromatic heterocycles. The second kappa shape index (κ2) is 5.32. The largest absolute Gasteiger partial charge is 0.469 e. The van der Waals surface area contributed by atoms with E-state index in [4.69, 9.17) is 0 Å². The number of fused-ring (bicyclic) bond motifs is 1. The van der Waals surface area contributed by atoms with Crippen molar-refractivity contribution in [2.24, 2.45) is 0 Å². The van der Waals surface area contributed by atoms with Crippen LogP contribution in [-0.2, 0) is 29.3 Å². The minimum atomic E-state index is -1.27. The molecule has 0 atom stereocenters. The summed E-state index contributed by atoms with van der Waals surface area (Å²) in [5, 5.41) is 2.69. The minimum Gasteiger partial charge on any atom is -0.469 e. The Morgan fingerprint density at radius 1 is 1.10 bits per heavy atom. The standard InChI is InChI=1S/C14H15NO5/c1-19-11(16)7-14(8-12(17)20-2)9-5-3-4-6-10(9)15-13(14)18/h3-6H,7-8H2,1-2H3,(H,15,18). The van der Waals surface area contributed by atoms with E-state index in [0.29, 0.717) is 11.3 Å². The predicted octanol–water partition coefficient (Wildman–Crippen LogP) is 1.00. The highest BCUT2D eigenvalue weighted by Gasteiger charge is 2.50. The summed E-state index contributed by atoms with van der Waals surface area (Å²) in [7, 11) is 2.49. The number of anilines is 1. The van der Waals surface area contributed by atoms with E-state index in [2.05, 4.69) is 14.8 Å². The fourth-order valence-corrected chi connectivity index (χ4v) is 2.42. The lowest BCUT2D eigenvalue weighted by molar-refractivity contribution is -0.148. The van der Waals surface area contributed by atoms with E-state index in [-0.39, 0.29) is 12.8 Å². The quantitative estimate of drug-likeness (QED) is 0.830. The van der Waals surface area contributed by atoms with Crippen molar-refractivity contribution in [2.45, 2.75) is 18.3 Å². The molecule has 6 nitrogen and oxygen atoms in total. The molecule has 1 heterocycles. The molecule has 2 rings (SSSR count). The van der Waals surface area contributed by atoms with Crippen LogP contribution < -0.4 is 5.32 Å². The zero-order valence-corrected chi connectivity index (χ0v) is 11.3. The molecule has 1 aliphatic heterocycles. The van der Waals surface area contributed by atoms with E-state index >= 15 is 0 Å². The van der Waals surface area contributed by atoms with Gasteiger partial charge in [-0.25, -0.2) is 0 Å². The van der Waals surface area contributed by atoms with Crippen LogP contribution in [0.5, 0.6) is 0 Å². The van der Waals surface area contributed by atoms with Gasteiger partial charge in [-0.05, 0) is 11.6 Å². The van der Waals surface area contributed by atoms with Crippen LogP contribution in [0, 0.1) is 0 Å². The fraction of sp³-hybridized carbons (Fsp3) is 0.357.